The highest BCUT2D eigenvalue weighted by atomic mass is 16.7. The summed E-state index contributed by atoms with van der Waals surface area (Å²) in [7, 11) is 1.88. The Morgan fingerprint density at radius 1 is 1.56 bits per heavy atom. The third-order valence-electron chi connectivity index (χ3n) is 0.714. The number of hydrazine groups is 1. The molecular formula is C5H13N3O. The van der Waals surface area contributed by atoms with Gasteiger partial charge in [0.15, 0.2) is 0 Å². The highest BCUT2D eigenvalue weighted by molar-refractivity contribution is 4.45. The Hall–Kier alpha value is -0.580. The fourth-order valence-electron chi connectivity index (χ4n) is 0.322. The second-order valence-electron chi connectivity index (χ2n) is 1.42. The predicted octanol–water partition coefficient (Wildman–Crippen LogP) is -0.625. The van der Waals surface area contributed by atoms with Gasteiger partial charge in [0.25, 0.3) is 0 Å². The van der Waals surface area contributed by atoms with Crippen LogP contribution in [0.25, 0.3) is 0 Å². The van der Waals surface area contributed by atoms with Crippen LogP contribution in [0.4, 0.5) is 0 Å². The van der Waals surface area contributed by atoms with Gasteiger partial charge < -0.3 is 10.2 Å². The SMILES string of the molecule is C=CONNCCNC. The van der Waals surface area contributed by atoms with Crippen molar-refractivity contribution >= 4 is 0 Å². The Labute approximate surface area is 55.2 Å². The van der Waals surface area contributed by atoms with Crippen molar-refractivity contribution in [1.82, 2.24) is 16.3 Å². The molecule has 0 aliphatic rings. The third-order valence-corrected chi connectivity index (χ3v) is 0.714. The first-order valence-electron chi connectivity index (χ1n) is 2.81. The summed E-state index contributed by atoms with van der Waals surface area (Å²) in [4.78, 5) is 4.56. The van der Waals surface area contributed by atoms with Gasteiger partial charge in [-0.1, -0.05) is 12.2 Å². The monoisotopic (exact) mass is 131 g/mol. The maximum atomic E-state index is 4.56. The number of hydrogen-bond acceptors (Lipinski definition) is 4. The lowest BCUT2D eigenvalue weighted by Gasteiger charge is -2.02. The maximum Gasteiger partial charge on any atom is 0.105 e. The van der Waals surface area contributed by atoms with Crippen LogP contribution in [0, 0.1) is 0 Å². The minimum Gasteiger partial charge on any atom is -0.402 e. The van der Waals surface area contributed by atoms with Crippen molar-refractivity contribution in [3.05, 3.63) is 12.8 Å². The van der Waals surface area contributed by atoms with E-state index in [9.17, 15) is 0 Å². The van der Waals surface area contributed by atoms with Crippen LogP contribution in [0.5, 0.6) is 0 Å². The lowest BCUT2D eigenvalue weighted by atomic mass is 10.7. The van der Waals surface area contributed by atoms with Crippen LogP contribution >= 0.6 is 0 Å². The molecule has 0 aromatic rings. The minimum absolute atomic E-state index is 0.810. The van der Waals surface area contributed by atoms with Gasteiger partial charge in [0.2, 0.25) is 0 Å². The Morgan fingerprint density at radius 3 is 2.89 bits per heavy atom. The molecule has 0 aliphatic carbocycles. The molecule has 0 spiro atoms. The summed E-state index contributed by atoms with van der Waals surface area (Å²) in [5.74, 6) is 0. The van der Waals surface area contributed by atoms with Crippen molar-refractivity contribution in [2.24, 2.45) is 0 Å². The van der Waals surface area contributed by atoms with Crippen LogP contribution in [0.2, 0.25) is 0 Å². The molecule has 0 bridgehead atoms. The first kappa shape index (κ1) is 8.42. The normalized spacial score (nSPS) is 9.00. The number of nitrogens with one attached hydrogen (secondary N) is 3. The number of hydrogen-bond donors (Lipinski definition) is 3. The highest BCUT2D eigenvalue weighted by Crippen LogP contribution is 1.57. The molecule has 0 aliphatic heterocycles. The molecule has 0 atom stereocenters. The van der Waals surface area contributed by atoms with E-state index in [-0.39, 0.29) is 0 Å². The quantitative estimate of drug-likeness (QED) is 0.255. The van der Waals surface area contributed by atoms with Gasteiger partial charge in [0.05, 0.1) is 0 Å². The molecule has 0 aromatic carbocycles. The van der Waals surface area contributed by atoms with Gasteiger partial charge in [-0.3, -0.25) is 0 Å². The summed E-state index contributed by atoms with van der Waals surface area (Å²) in [6.45, 7) is 5.04. The summed E-state index contributed by atoms with van der Waals surface area (Å²) in [6, 6.07) is 0. The van der Waals surface area contributed by atoms with Gasteiger partial charge in [-0.15, -0.1) is 0 Å². The summed E-state index contributed by atoms with van der Waals surface area (Å²) >= 11 is 0. The van der Waals surface area contributed by atoms with Crippen LogP contribution in [-0.4, -0.2) is 20.1 Å². The Balaban J connectivity index is 2.66. The van der Waals surface area contributed by atoms with Gasteiger partial charge in [-0.2, -0.15) is 0 Å². The molecule has 0 fully saturated rings. The van der Waals surface area contributed by atoms with Crippen molar-refractivity contribution in [1.29, 1.82) is 0 Å². The number of rotatable bonds is 6. The zero-order valence-corrected chi connectivity index (χ0v) is 5.61. The van der Waals surface area contributed by atoms with E-state index in [1.165, 1.54) is 6.26 Å². The average molecular weight is 131 g/mol. The van der Waals surface area contributed by atoms with E-state index < -0.39 is 0 Å². The third kappa shape index (κ3) is 7.42. The smallest absolute Gasteiger partial charge is 0.105 e. The van der Waals surface area contributed by atoms with E-state index in [0.717, 1.165) is 13.1 Å². The van der Waals surface area contributed by atoms with Gasteiger partial charge in [0.1, 0.15) is 6.26 Å². The Bertz CT molecular complexity index is 67.2. The highest BCUT2D eigenvalue weighted by Gasteiger charge is 1.78. The van der Waals surface area contributed by atoms with E-state index in [1.54, 1.807) is 0 Å². The second kappa shape index (κ2) is 7.42. The topological polar surface area (TPSA) is 45.3 Å². The van der Waals surface area contributed by atoms with Crippen molar-refractivity contribution in [2.75, 3.05) is 20.1 Å². The average Bonchev–Trinajstić information content (AvgIpc) is 1.89. The molecule has 0 radical (unpaired) electrons. The van der Waals surface area contributed by atoms with Crippen LogP contribution < -0.4 is 16.3 Å². The van der Waals surface area contributed by atoms with Crippen molar-refractivity contribution < 1.29 is 4.84 Å². The molecule has 3 N–H and O–H groups in total. The van der Waals surface area contributed by atoms with Crippen molar-refractivity contribution in [2.45, 2.75) is 0 Å². The lowest BCUT2D eigenvalue weighted by Crippen LogP contribution is -2.35. The summed E-state index contributed by atoms with van der Waals surface area (Å²) in [5, 5.41) is 2.96. The molecule has 0 aromatic heterocycles. The molecule has 0 heterocycles. The molecule has 4 nitrogen and oxygen atoms in total. The molecule has 54 valence electrons. The predicted molar refractivity (Wildman–Crippen MR) is 36.3 cm³/mol. The van der Waals surface area contributed by atoms with Gasteiger partial charge in [0, 0.05) is 13.1 Å². The van der Waals surface area contributed by atoms with Crippen LogP contribution in [0.3, 0.4) is 0 Å². The van der Waals surface area contributed by atoms with Gasteiger partial charge in [-0.25, -0.2) is 5.43 Å². The molecule has 0 saturated carbocycles. The van der Waals surface area contributed by atoms with E-state index in [4.69, 9.17) is 0 Å². The second-order valence-corrected chi connectivity index (χ2v) is 1.42. The first-order chi connectivity index (χ1) is 4.41. The van der Waals surface area contributed by atoms with E-state index in [0.29, 0.717) is 0 Å². The van der Waals surface area contributed by atoms with Gasteiger partial charge >= 0.3 is 0 Å². The fourth-order valence-corrected chi connectivity index (χ4v) is 0.322. The fraction of sp³-hybridized carbons (Fsp3) is 0.600. The molecule has 0 saturated heterocycles. The largest absolute Gasteiger partial charge is 0.402 e. The minimum atomic E-state index is 0.810. The molecule has 0 amide bonds. The summed E-state index contributed by atoms with van der Waals surface area (Å²) in [6.07, 6.45) is 1.31. The Kier molecular flexibility index (Phi) is 6.94. The van der Waals surface area contributed by atoms with Crippen molar-refractivity contribution in [3.8, 4) is 0 Å². The zero-order valence-electron chi connectivity index (χ0n) is 5.61. The maximum absolute atomic E-state index is 4.56. The van der Waals surface area contributed by atoms with Crippen molar-refractivity contribution in [3.63, 3.8) is 0 Å². The molecule has 9 heavy (non-hydrogen) atoms. The Morgan fingerprint density at radius 2 is 2.33 bits per heavy atom. The lowest BCUT2D eigenvalue weighted by molar-refractivity contribution is 0.0953. The molecule has 4 heteroatoms. The molecule has 0 rings (SSSR count). The van der Waals surface area contributed by atoms with Crippen LogP contribution in [0.15, 0.2) is 12.8 Å². The van der Waals surface area contributed by atoms with E-state index in [1.807, 2.05) is 7.05 Å². The summed E-state index contributed by atoms with van der Waals surface area (Å²) < 4.78 is 0. The van der Waals surface area contributed by atoms with Crippen LogP contribution in [0.1, 0.15) is 0 Å². The summed E-state index contributed by atoms with van der Waals surface area (Å²) in [5.41, 5.74) is 5.24. The van der Waals surface area contributed by atoms with Crippen LogP contribution in [-0.2, 0) is 4.84 Å². The first-order valence-corrected chi connectivity index (χ1v) is 2.81. The molecular weight excluding hydrogens is 118 g/mol. The molecule has 0 unspecified atom stereocenters. The van der Waals surface area contributed by atoms with Gasteiger partial charge in [-0.05, 0) is 7.05 Å². The zero-order chi connectivity index (χ0) is 6.95. The van der Waals surface area contributed by atoms with E-state index >= 15 is 0 Å². The standard InChI is InChI=1S/C5H13N3O/c1-3-9-8-7-5-4-6-2/h3,6-8H,1,4-5H2,2H3. The number of likely N-dealkylation sites (N-methyl/N-ethyl adjacent to an activating group) is 1. The van der Waals surface area contributed by atoms with E-state index in [2.05, 4.69) is 27.7 Å².